The van der Waals surface area contributed by atoms with E-state index in [1.165, 1.54) is 12.8 Å². The normalized spacial score (nSPS) is 22.9. The van der Waals surface area contributed by atoms with Crippen LogP contribution in [0.1, 0.15) is 67.7 Å². The molecule has 0 radical (unpaired) electrons. The van der Waals surface area contributed by atoms with Crippen molar-refractivity contribution in [3.8, 4) is 0 Å². The number of hydrogen-bond donors (Lipinski definition) is 0. The van der Waals surface area contributed by atoms with Gasteiger partial charge in [-0.3, -0.25) is 0 Å². The first-order valence-corrected chi connectivity index (χ1v) is 7.06. The van der Waals surface area contributed by atoms with Crippen LogP contribution in [0, 0.1) is 5.41 Å². The standard InChI is InChI=1S/C15H29BO2/c1-13(2,3)11-9-8-10-12-16-17-14(4,5)15(6,7)18-16/h10,12H,8-9,11H2,1-7H3/b12-10+. The quantitative estimate of drug-likeness (QED) is 0.545. The van der Waals surface area contributed by atoms with Crippen molar-refractivity contribution in [3.05, 3.63) is 12.1 Å². The molecule has 1 fully saturated rings. The number of unbranched alkanes of at least 4 members (excludes halogenated alkanes) is 1. The first-order chi connectivity index (χ1) is 8.04. The highest BCUT2D eigenvalue weighted by atomic mass is 16.7. The Bertz CT molecular complexity index is 284. The van der Waals surface area contributed by atoms with E-state index >= 15 is 0 Å². The van der Waals surface area contributed by atoms with Gasteiger partial charge in [-0.25, -0.2) is 0 Å². The lowest BCUT2D eigenvalue weighted by atomic mass is 9.87. The third-order valence-electron chi connectivity index (χ3n) is 3.86. The Morgan fingerprint density at radius 3 is 1.94 bits per heavy atom. The van der Waals surface area contributed by atoms with Crippen LogP contribution in [0.5, 0.6) is 0 Å². The van der Waals surface area contributed by atoms with E-state index < -0.39 is 0 Å². The Kier molecular flexibility index (Phi) is 4.72. The molecule has 0 spiro atoms. The molecule has 0 saturated carbocycles. The molecule has 0 N–H and O–H groups in total. The number of rotatable bonds is 4. The summed E-state index contributed by atoms with van der Waals surface area (Å²) in [5, 5.41) is 0. The van der Waals surface area contributed by atoms with Crippen molar-refractivity contribution >= 4 is 7.12 Å². The summed E-state index contributed by atoms with van der Waals surface area (Å²) in [7, 11) is -0.190. The number of allylic oxidation sites excluding steroid dienone is 1. The first-order valence-electron chi connectivity index (χ1n) is 7.06. The maximum Gasteiger partial charge on any atom is 0.486 e. The maximum atomic E-state index is 5.90. The monoisotopic (exact) mass is 252 g/mol. The highest BCUT2D eigenvalue weighted by Crippen LogP contribution is 2.36. The van der Waals surface area contributed by atoms with Gasteiger partial charge >= 0.3 is 7.12 Å². The summed E-state index contributed by atoms with van der Waals surface area (Å²) in [4.78, 5) is 0. The molecule has 1 rings (SSSR count). The summed E-state index contributed by atoms with van der Waals surface area (Å²) in [6.07, 6.45) is 5.76. The van der Waals surface area contributed by atoms with E-state index in [4.69, 9.17) is 9.31 Å². The van der Waals surface area contributed by atoms with Gasteiger partial charge in [0.2, 0.25) is 0 Å². The van der Waals surface area contributed by atoms with Gasteiger partial charge in [0.1, 0.15) is 0 Å². The van der Waals surface area contributed by atoms with Crippen molar-refractivity contribution < 1.29 is 9.31 Å². The van der Waals surface area contributed by atoms with Crippen LogP contribution in [0.4, 0.5) is 0 Å². The van der Waals surface area contributed by atoms with Gasteiger partial charge < -0.3 is 9.31 Å². The topological polar surface area (TPSA) is 18.5 Å². The van der Waals surface area contributed by atoms with Crippen LogP contribution in [0.25, 0.3) is 0 Å². The molecule has 1 aliphatic heterocycles. The predicted octanol–water partition coefficient (Wildman–Crippen LogP) is 4.39. The highest BCUT2D eigenvalue weighted by molar-refractivity contribution is 6.51. The molecule has 18 heavy (non-hydrogen) atoms. The summed E-state index contributed by atoms with van der Waals surface area (Å²) in [6.45, 7) is 15.2. The van der Waals surface area contributed by atoms with E-state index in [-0.39, 0.29) is 18.3 Å². The third kappa shape index (κ3) is 4.44. The Morgan fingerprint density at radius 1 is 1.00 bits per heavy atom. The van der Waals surface area contributed by atoms with Gasteiger partial charge in [0.15, 0.2) is 0 Å². The predicted molar refractivity (Wildman–Crippen MR) is 78.5 cm³/mol. The van der Waals surface area contributed by atoms with Crippen LogP contribution >= 0.6 is 0 Å². The third-order valence-corrected chi connectivity index (χ3v) is 3.86. The second-order valence-corrected chi connectivity index (χ2v) is 7.51. The molecule has 3 heteroatoms. The maximum absolute atomic E-state index is 5.90. The molecular weight excluding hydrogens is 223 g/mol. The van der Waals surface area contributed by atoms with Crippen LogP contribution in [0.2, 0.25) is 0 Å². The molecule has 0 atom stereocenters. The van der Waals surface area contributed by atoms with Gasteiger partial charge in [0.25, 0.3) is 0 Å². The zero-order chi connectivity index (χ0) is 14.0. The molecule has 104 valence electrons. The molecular formula is C15H29BO2. The SMILES string of the molecule is CC(C)(C)CCC/C=C/B1OC(C)(C)C(C)(C)O1. The Balaban J connectivity index is 2.33. The molecule has 0 aliphatic carbocycles. The largest absolute Gasteiger partial charge is 0.486 e. The summed E-state index contributed by atoms with van der Waals surface area (Å²) in [5.41, 5.74) is -0.0288. The molecule has 2 nitrogen and oxygen atoms in total. The molecule has 0 aromatic heterocycles. The van der Waals surface area contributed by atoms with Crippen molar-refractivity contribution in [1.82, 2.24) is 0 Å². The lowest BCUT2D eigenvalue weighted by Gasteiger charge is -2.32. The minimum absolute atomic E-state index is 0.190. The van der Waals surface area contributed by atoms with Crippen LogP contribution in [0.15, 0.2) is 12.1 Å². The van der Waals surface area contributed by atoms with Gasteiger partial charge in [0, 0.05) is 0 Å². The smallest absolute Gasteiger partial charge is 0.400 e. The molecule has 1 aliphatic rings. The zero-order valence-electron chi connectivity index (χ0n) is 13.2. The van der Waals surface area contributed by atoms with E-state index in [2.05, 4.69) is 60.5 Å². The minimum atomic E-state index is -0.229. The molecule has 1 saturated heterocycles. The summed E-state index contributed by atoms with van der Waals surface area (Å²) >= 11 is 0. The van der Waals surface area contributed by atoms with Crippen LogP contribution < -0.4 is 0 Å². The molecule has 0 unspecified atom stereocenters. The average Bonchev–Trinajstić information content (AvgIpc) is 2.32. The number of hydrogen-bond acceptors (Lipinski definition) is 2. The second kappa shape index (κ2) is 5.38. The molecule has 0 aromatic rings. The second-order valence-electron chi connectivity index (χ2n) is 7.51. The Hall–Kier alpha value is -0.275. The van der Waals surface area contributed by atoms with Crippen molar-refractivity contribution in [2.24, 2.45) is 5.41 Å². The minimum Gasteiger partial charge on any atom is -0.400 e. The lowest BCUT2D eigenvalue weighted by Crippen LogP contribution is -2.41. The summed E-state index contributed by atoms with van der Waals surface area (Å²) in [6, 6.07) is 0. The van der Waals surface area contributed by atoms with Crippen molar-refractivity contribution in [3.63, 3.8) is 0 Å². The molecule has 0 aromatic carbocycles. The first kappa shape index (κ1) is 15.8. The fraction of sp³-hybridized carbons (Fsp3) is 0.867. The Labute approximate surface area is 113 Å². The van der Waals surface area contributed by atoms with Gasteiger partial charge in [-0.1, -0.05) is 32.8 Å². The lowest BCUT2D eigenvalue weighted by molar-refractivity contribution is 0.00578. The van der Waals surface area contributed by atoms with Crippen LogP contribution in [-0.4, -0.2) is 18.3 Å². The Morgan fingerprint density at radius 2 is 1.50 bits per heavy atom. The van der Waals surface area contributed by atoms with Crippen LogP contribution in [0.3, 0.4) is 0 Å². The van der Waals surface area contributed by atoms with Crippen molar-refractivity contribution in [2.45, 2.75) is 78.9 Å². The van der Waals surface area contributed by atoms with Crippen molar-refractivity contribution in [2.75, 3.05) is 0 Å². The highest BCUT2D eigenvalue weighted by Gasteiger charge is 2.49. The molecule has 0 amide bonds. The van der Waals surface area contributed by atoms with Crippen molar-refractivity contribution in [1.29, 1.82) is 0 Å². The van der Waals surface area contributed by atoms with Gasteiger partial charge in [-0.05, 0) is 52.4 Å². The van der Waals surface area contributed by atoms with Crippen LogP contribution in [-0.2, 0) is 9.31 Å². The van der Waals surface area contributed by atoms with E-state index in [1.807, 2.05) is 0 Å². The van der Waals surface area contributed by atoms with E-state index in [0.717, 1.165) is 6.42 Å². The van der Waals surface area contributed by atoms with Gasteiger partial charge in [-0.15, -0.1) is 0 Å². The zero-order valence-corrected chi connectivity index (χ0v) is 13.2. The fourth-order valence-electron chi connectivity index (χ4n) is 1.92. The molecule has 1 heterocycles. The van der Waals surface area contributed by atoms with E-state index in [0.29, 0.717) is 5.41 Å². The van der Waals surface area contributed by atoms with E-state index in [9.17, 15) is 0 Å². The van der Waals surface area contributed by atoms with E-state index in [1.54, 1.807) is 0 Å². The van der Waals surface area contributed by atoms with Gasteiger partial charge in [-0.2, -0.15) is 0 Å². The molecule has 0 bridgehead atoms. The average molecular weight is 252 g/mol. The van der Waals surface area contributed by atoms with Gasteiger partial charge in [0.05, 0.1) is 11.2 Å². The fourth-order valence-corrected chi connectivity index (χ4v) is 1.92. The summed E-state index contributed by atoms with van der Waals surface area (Å²) < 4.78 is 11.8. The summed E-state index contributed by atoms with van der Waals surface area (Å²) in [5.74, 6) is 2.05.